The molecule has 3 aliphatic carbocycles. The van der Waals surface area contributed by atoms with Crippen molar-refractivity contribution in [1.82, 2.24) is 15.1 Å². The van der Waals surface area contributed by atoms with Gasteiger partial charge in [-0.15, -0.1) is 0 Å². The zero-order chi connectivity index (χ0) is 20.3. The number of rotatable bonds is 2. The third kappa shape index (κ3) is 2.74. The number of ether oxygens (including phenoxy) is 1. The lowest BCUT2D eigenvalue weighted by Crippen LogP contribution is -2.66. The lowest BCUT2D eigenvalue weighted by atomic mass is 9.60. The van der Waals surface area contributed by atoms with E-state index in [0.717, 1.165) is 36.3 Å². The van der Waals surface area contributed by atoms with E-state index in [1.54, 1.807) is 10.7 Å². The van der Waals surface area contributed by atoms with Crippen LogP contribution in [0, 0.1) is 31.6 Å². The van der Waals surface area contributed by atoms with Gasteiger partial charge in [0.2, 0.25) is 5.91 Å². The molecule has 2 aromatic rings. The molecular formula is C22H26N4O3. The summed E-state index contributed by atoms with van der Waals surface area (Å²) < 4.78 is 8.16. The first-order chi connectivity index (χ1) is 13.9. The molecule has 2 bridgehead atoms. The maximum atomic E-state index is 13.1. The van der Waals surface area contributed by atoms with Crippen LogP contribution >= 0.6 is 0 Å². The van der Waals surface area contributed by atoms with Crippen LogP contribution in [0.1, 0.15) is 47.4 Å². The summed E-state index contributed by atoms with van der Waals surface area (Å²) in [6.07, 6.45) is 3.33. The van der Waals surface area contributed by atoms with Gasteiger partial charge < -0.3 is 15.4 Å². The van der Waals surface area contributed by atoms with Crippen molar-refractivity contribution in [2.24, 2.45) is 24.8 Å². The molecule has 2 N–H and O–H groups in total. The zero-order valence-corrected chi connectivity index (χ0v) is 17.0. The zero-order valence-electron chi connectivity index (χ0n) is 17.0. The molecule has 1 aromatic heterocycles. The van der Waals surface area contributed by atoms with Crippen LogP contribution in [0.25, 0.3) is 0 Å². The molecule has 7 heteroatoms. The number of para-hydroxylation sites is 1. The molecule has 7 nitrogen and oxygen atoms in total. The van der Waals surface area contributed by atoms with Gasteiger partial charge in [-0.3, -0.25) is 14.3 Å². The number of hydrogen-bond donors (Lipinski definition) is 2. The fourth-order valence-corrected chi connectivity index (χ4v) is 5.45. The van der Waals surface area contributed by atoms with Crippen molar-refractivity contribution in [2.75, 3.05) is 5.32 Å². The second-order valence-corrected chi connectivity index (χ2v) is 8.68. The van der Waals surface area contributed by atoms with E-state index >= 15 is 0 Å². The molecular weight excluding hydrogens is 368 g/mol. The number of aryl methyl sites for hydroxylation is 2. The Hall–Kier alpha value is -2.83. The smallest absolute Gasteiger partial charge is 0.258 e. The Labute approximate surface area is 169 Å². The summed E-state index contributed by atoms with van der Waals surface area (Å²) in [4.78, 5) is 25.8. The highest BCUT2D eigenvalue weighted by atomic mass is 16.5. The molecule has 0 saturated heterocycles. The Kier molecular flexibility index (Phi) is 3.98. The van der Waals surface area contributed by atoms with Crippen LogP contribution in [0.4, 0.5) is 5.69 Å². The Bertz CT molecular complexity index is 1010. The number of carbonyl (C=O) groups excluding carboxylic acids is 2. The van der Waals surface area contributed by atoms with Crippen molar-refractivity contribution in [3.63, 3.8) is 0 Å². The predicted octanol–water partition coefficient (Wildman–Crippen LogP) is 2.93. The predicted molar refractivity (Wildman–Crippen MR) is 108 cm³/mol. The number of aromatic nitrogens is 2. The van der Waals surface area contributed by atoms with Crippen LogP contribution in [0.5, 0.6) is 5.75 Å². The molecule has 1 aromatic carbocycles. The first kappa shape index (κ1) is 18.2. The number of amides is 2. The third-order valence-electron chi connectivity index (χ3n) is 7.06. The van der Waals surface area contributed by atoms with Gasteiger partial charge in [0, 0.05) is 25.3 Å². The summed E-state index contributed by atoms with van der Waals surface area (Å²) in [5, 5.41) is 10.7. The SMILES string of the molecule is Cc1nn(C)c(C)c1NC(=O)[C@@H]1C[C@H]2CC[C@@H]1C[C@@]21NC(=O)c2ccccc2O1. The fourth-order valence-electron chi connectivity index (χ4n) is 5.45. The average molecular weight is 394 g/mol. The summed E-state index contributed by atoms with van der Waals surface area (Å²) in [7, 11) is 1.88. The van der Waals surface area contributed by atoms with Gasteiger partial charge in [-0.1, -0.05) is 12.1 Å². The molecule has 4 aliphatic rings. The number of hydrogen-bond acceptors (Lipinski definition) is 4. The summed E-state index contributed by atoms with van der Waals surface area (Å²) in [5.74, 6) is 0.847. The maximum Gasteiger partial charge on any atom is 0.258 e. The number of benzene rings is 1. The van der Waals surface area contributed by atoms with Gasteiger partial charge in [0.05, 0.1) is 22.6 Å². The van der Waals surface area contributed by atoms with Gasteiger partial charge in [-0.2, -0.15) is 5.10 Å². The van der Waals surface area contributed by atoms with Crippen LogP contribution in [-0.4, -0.2) is 27.3 Å². The van der Waals surface area contributed by atoms with Crippen molar-refractivity contribution in [3.05, 3.63) is 41.2 Å². The first-order valence-electron chi connectivity index (χ1n) is 10.3. The van der Waals surface area contributed by atoms with Gasteiger partial charge in [0.15, 0.2) is 5.72 Å². The van der Waals surface area contributed by atoms with Crippen molar-refractivity contribution in [2.45, 2.75) is 45.3 Å². The molecule has 3 saturated carbocycles. The van der Waals surface area contributed by atoms with Crippen LogP contribution < -0.4 is 15.4 Å². The van der Waals surface area contributed by atoms with E-state index in [-0.39, 0.29) is 29.6 Å². The standard InChI is InChI=1S/C22H26N4O3/c1-12-19(13(2)26(3)25-12)23-20(27)17-10-15-9-8-14(17)11-22(15)24-21(28)16-6-4-5-7-18(16)29-22/h4-7,14-15,17H,8-11H2,1-3H3,(H,23,27)(H,24,28)/t14-,15-,17-,22+/m1/s1. The summed E-state index contributed by atoms with van der Waals surface area (Å²) in [6, 6.07) is 7.38. The van der Waals surface area contributed by atoms with Gasteiger partial charge in [-0.05, 0) is 51.2 Å². The normalized spacial score (nSPS) is 29.9. The molecule has 4 atom stereocenters. The Morgan fingerprint density at radius 1 is 1.31 bits per heavy atom. The average Bonchev–Trinajstić information content (AvgIpc) is 2.94. The summed E-state index contributed by atoms with van der Waals surface area (Å²) >= 11 is 0. The van der Waals surface area contributed by atoms with Crippen molar-refractivity contribution in [1.29, 1.82) is 0 Å². The number of nitrogens with zero attached hydrogens (tertiary/aromatic N) is 2. The second kappa shape index (κ2) is 6.34. The number of nitrogens with one attached hydrogen (secondary N) is 2. The van der Waals surface area contributed by atoms with Gasteiger partial charge in [-0.25, -0.2) is 0 Å². The van der Waals surface area contributed by atoms with E-state index in [4.69, 9.17) is 4.74 Å². The Morgan fingerprint density at radius 2 is 2.10 bits per heavy atom. The second-order valence-electron chi connectivity index (χ2n) is 8.68. The van der Waals surface area contributed by atoms with E-state index in [0.29, 0.717) is 17.7 Å². The van der Waals surface area contributed by atoms with Gasteiger partial charge >= 0.3 is 0 Å². The number of anilines is 1. The highest BCUT2D eigenvalue weighted by Crippen LogP contribution is 2.52. The molecule has 2 amide bonds. The first-order valence-corrected chi connectivity index (χ1v) is 10.3. The number of fused-ring (bicyclic) bond motifs is 3. The summed E-state index contributed by atoms with van der Waals surface area (Å²) in [6.45, 7) is 3.87. The topological polar surface area (TPSA) is 85.3 Å². The van der Waals surface area contributed by atoms with E-state index in [1.165, 1.54) is 0 Å². The molecule has 0 unspecified atom stereocenters. The largest absolute Gasteiger partial charge is 0.467 e. The van der Waals surface area contributed by atoms with Crippen LogP contribution in [0.2, 0.25) is 0 Å². The minimum Gasteiger partial charge on any atom is -0.467 e. The monoisotopic (exact) mass is 394 g/mol. The van der Waals surface area contributed by atoms with Gasteiger partial charge in [0.25, 0.3) is 5.91 Å². The van der Waals surface area contributed by atoms with Crippen LogP contribution in [-0.2, 0) is 11.8 Å². The highest BCUT2D eigenvalue weighted by molar-refractivity contribution is 5.98. The third-order valence-corrected chi connectivity index (χ3v) is 7.06. The van der Waals surface area contributed by atoms with Gasteiger partial charge in [0.1, 0.15) is 5.75 Å². The lowest BCUT2D eigenvalue weighted by Gasteiger charge is -2.55. The molecule has 2 heterocycles. The molecule has 1 aliphatic heterocycles. The molecule has 29 heavy (non-hydrogen) atoms. The molecule has 152 valence electrons. The minimum atomic E-state index is -0.689. The van der Waals surface area contributed by atoms with Crippen molar-refractivity contribution < 1.29 is 14.3 Å². The van der Waals surface area contributed by atoms with Crippen molar-refractivity contribution in [3.8, 4) is 5.75 Å². The van der Waals surface area contributed by atoms with Crippen LogP contribution in [0.15, 0.2) is 24.3 Å². The number of carbonyl (C=O) groups is 2. The Morgan fingerprint density at radius 3 is 2.79 bits per heavy atom. The van der Waals surface area contributed by atoms with E-state index in [1.807, 2.05) is 39.1 Å². The van der Waals surface area contributed by atoms with E-state index in [2.05, 4.69) is 15.7 Å². The molecule has 3 fully saturated rings. The highest BCUT2D eigenvalue weighted by Gasteiger charge is 2.57. The minimum absolute atomic E-state index is 0.0521. The van der Waals surface area contributed by atoms with Crippen molar-refractivity contribution >= 4 is 17.5 Å². The molecule has 6 rings (SSSR count). The Balaban J connectivity index is 1.37. The summed E-state index contributed by atoms with van der Waals surface area (Å²) in [5.41, 5.74) is 2.48. The lowest BCUT2D eigenvalue weighted by molar-refractivity contribution is -0.142. The van der Waals surface area contributed by atoms with E-state index < -0.39 is 5.72 Å². The molecule has 0 radical (unpaired) electrons. The molecule has 1 spiro atoms. The quantitative estimate of drug-likeness (QED) is 0.820. The van der Waals surface area contributed by atoms with E-state index in [9.17, 15) is 9.59 Å². The fraction of sp³-hybridized carbons (Fsp3) is 0.500. The maximum absolute atomic E-state index is 13.1. The van der Waals surface area contributed by atoms with Crippen LogP contribution in [0.3, 0.4) is 0 Å².